The van der Waals surface area contributed by atoms with E-state index in [1.165, 1.54) is 0 Å². The molecule has 3 aromatic rings. The first-order valence-electron chi connectivity index (χ1n) is 11.0. The number of aromatic nitrogens is 6. The zero-order chi connectivity index (χ0) is 23.8. The van der Waals surface area contributed by atoms with Crippen molar-refractivity contribution in [2.45, 2.75) is 71.8 Å². The molecular formula is C21H29N9O3. The van der Waals surface area contributed by atoms with Gasteiger partial charge in [-0.1, -0.05) is 36.3 Å². The number of ether oxygens (including phenoxy) is 1. The van der Waals surface area contributed by atoms with Crippen LogP contribution in [0.5, 0.6) is 0 Å². The summed E-state index contributed by atoms with van der Waals surface area (Å²) in [5, 5.41) is 24.0. The predicted molar refractivity (Wildman–Crippen MR) is 121 cm³/mol. The first-order chi connectivity index (χ1) is 15.7. The fraction of sp³-hybridized carbons (Fsp3) is 0.619. The molecule has 4 heterocycles. The maximum atomic E-state index is 10.9. The van der Waals surface area contributed by atoms with Crippen molar-refractivity contribution in [2.75, 3.05) is 18.0 Å². The largest absolute Gasteiger partial charge is 0.370 e. The monoisotopic (exact) mass is 455 g/mol. The van der Waals surface area contributed by atoms with E-state index in [4.69, 9.17) is 24.7 Å². The summed E-state index contributed by atoms with van der Waals surface area (Å²) in [5.41, 5.74) is 1.97. The van der Waals surface area contributed by atoms with Crippen molar-refractivity contribution in [3.8, 4) is 0 Å². The summed E-state index contributed by atoms with van der Waals surface area (Å²) in [7, 11) is 0. The van der Waals surface area contributed by atoms with Gasteiger partial charge in [0.2, 0.25) is 0 Å². The minimum Gasteiger partial charge on any atom is -0.370 e. The Morgan fingerprint density at radius 3 is 2.82 bits per heavy atom. The van der Waals surface area contributed by atoms with E-state index < -0.39 is 6.04 Å². The van der Waals surface area contributed by atoms with Crippen LogP contribution in [-0.4, -0.2) is 61.0 Å². The van der Waals surface area contributed by atoms with E-state index in [0.717, 1.165) is 29.9 Å². The smallest absolute Gasteiger partial charge is 0.164 e. The van der Waals surface area contributed by atoms with Crippen LogP contribution in [0.2, 0.25) is 0 Å². The van der Waals surface area contributed by atoms with Crippen LogP contribution in [0.3, 0.4) is 0 Å². The van der Waals surface area contributed by atoms with Gasteiger partial charge in [-0.25, -0.2) is 19.3 Å². The van der Waals surface area contributed by atoms with Crippen molar-refractivity contribution in [1.82, 2.24) is 30.1 Å². The Morgan fingerprint density at radius 2 is 2.15 bits per heavy atom. The lowest BCUT2D eigenvalue weighted by molar-refractivity contribution is 0.0514. The highest BCUT2D eigenvalue weighted by atomic mass is 16.6. The number of nitrogens with zero attached hydrogens (tertiary/aromatic N) is 8. The normalized spacial score (nSPS) is 17.6. The zero-order valence-corrected chi connectivity index (χ0v) is 19.6. The Hall–Kier alpha value is -3.28. The minimum atomic E-state index is -0.715. The molecule has 2 unspecified atom stereocenters. The summed E-state index contributed by atoms with van der Waals surface area (Å²) in [4.78, 5) is 22.7. The molecule has 0 amide bonds. The molecule has 0 spiro atoms. The number of anilines is 1. The van der Waals surface area contributed by atoms with Crippen molar-refractivity contribution >= 4 is 22.6 Å². The summed E-state index contributed by atoms with van der Waals surface area (Å²) >= 11 is 0. The maximum Gasteiger partial charge on any atom is 0.164 e. The fourth-order valence-electron chi connectivity index (χ4n) is 3.62. The molecular weight excluding hydrogens is 426 g/mol. The highest BCUT2D eigenvalue weighted by molar-refractivity contribution is 5.90. The number of rotatable bonds is 8. The van der Waals surface area contributed by atoms with Crippen molar-refractivity contribution in [1.29, 1.82) is 5.41 Å². The summed E-state index contributed by atoms with van der Waals surface area (Å²) in [6.07, 6.45) is 2.59. The molecule has 4 rings (SSSR count). The molecule has 0 aliphatic carbocycles. The summed E-state index contributed by atoms with van der Waals surface area (Å²) < 4.78 is 12.4. The van der Waals surface area contributed by atoms with E-state index in [0.29, 0.717) is 30.3 Å². The van der Waals surface area contributed by atoms with Gasteiger partial charge in [0.25, 0.3) is 0 Å². The molecule has 0 radical (unpaired) electrons. The molecule has 176 valence electrons. The highest BCUT2D eigenvalue weighted by Crippen LogP contribution is 2.31. The Bertz CT molecular complexity index is 1160. The predicted octanol–water partition coefficient (Wildman–Crippen LogP) is 2.79. The van der Waals surface area contributed by atoms with Gasteiger partial charge in [-0.05, 0) is 20.3 Å². The molecule has 1 fully saturated rings. The molecule has 12 nitrogen and oxygen atoms in total. The third-order valence-electron chi connectivity index (χ3n) is 5.78. The molecule has 3 aromatic heterocycles. The third-order valence-corrected chi connectivity index (χ3v) is 5.78. The van der Waals surface area contributed by atoms with Crippen LogP contribution in [0, 0.1) is 17.2 Å². The first kappa shape index (κ1) is 22.9. The fourth-order valence-corrected chi connectivity index (χ4v) is 3.62. The van der Waals surface area contributed by atoms with Gasteiger partial charge in [0.1, 0.15) is 29.1 Å². The van der Waals surface area contributed by atoms with Gasteiger partial charge in [0, 0.05) is 18.5 Å². The van der Waals surface area contributed by atoms with Crippen LogP contribution >= 0.6 is 0 Å². The van der Waals surface area contributed by atoms with Crippen molar-refractivity contribution in [2.24, 2.45) is 5.18 Å². The van der Waals surface area contributed by atoms with E-state index in [1.807, 2.05) is 6.92 Å². The van der Waals surface area contributed by atoms with Crippen molar-refractivity contribution < 1.29 is 9.37 Å². The highest BCUT2D eigenvalue weighted by Gasteiger charge is 2.29. The first-order valence-corrected chi connectivity index (χ1v) is 11.0. The Kier molecular flexibility index (Phi) is 6.19. The van der Waals surface area contributed by atoms with Gasteiger partial charge < -0.3 is 15.0 Å². The summed E-state index contributed by atoms with van der Waals surface area (Å²) in [6.45, 7) is 11.6. The van der Waals surface area contributed by atoms with Crippen LogP contribution in [0.4, 0.5) is 5.82 Å². The number of aryl methyl sites for hydroxylation is 1. The van der Waals surface area contributed by atoms with Gasteiger partial charge in [0.05, 0.1) is 36.6 Å². The summed E-state index contributed by atoms with van der Waals surface area (Å²) in [6, 6.07) is -0.715. The summed E-state index contributed by atoms with van der Waals surface area (Å²) in [5.74, 6) is 1.49. The van der Waals surface area contributed by atoms with E-state index in [1.54, 1.807) is 17.8 Å². The lowest BCUT2D eigenvalue weighted by Gasteiger charge is -2.23. The van der Waals surface area contributed by atoms with Gasteiger partial charge in [-0.15, -0.1) is 0 Å². The van der Waals surface area contributed by atoms with Gasteiger partial charge in [-0.2, -0.15) is 10.0 Å². The Labute approximate surface area is 191 Å². The molecule has 2 atom stereocenters. The average Bonchev–Trinajstić information content (AvgIpc) is 3.50. The van der Waals surface area contributed by atoms with Crippen LogP contribution < -0.4 is 4.90 Å². The standard InChI is InChI=1S/C21H29N9O3/c1-12(26-31)16(22)10-30-19-15(8-23-30)18(24-20(25-19)21(3,4)5)29-7-6-14(9-29)32-11-17-13(2)27-33-28-17/h8,12,14,22H,6-7,9-11H2,1-5H3. The van der Waals surface area contributed by atoms with E-state index >= 15 is 0 Å². The molecule has 12 heteroatoms. The van der Waals surface area contributed by atoms with Gasteiger partial charge in [0.15, 0.2) is 5.65 Å². The molecule has 1 aliphatic heterocycles. The van der Waals surface area contributed by atoms with E-state index in [2.05, 4.69) is 46.3 Å². The molecule has 0 aromatic carbocycles. The van der Waals surface area contributed by atoms with Gasteiger partial charge in [-0.3, -0.25) is 0 Å². The average molecular weight is 456 g/mol. The second kappa shape index (κ2) is 8.93. The Morgan fingerprint density at radius 1 is 1.36 bits per heavy atom. The van der Waals surface area contributed by atoms with Gasteiger partial charge >= 0.3 is 0 Å². The number of nitrogens with one attached hydrogen (secondary N) is 1. The number of hydrogen-bond acceptors (Lipinski definition) is 11. The topological polar surface area (TPSA) is 148 Å². The number of fused-ring (bicyclic) bond motifs is 1. The third kappa shape index (κ3) is 4.75. The lowest BCUT2D eigenvalue weighted by atomic mass is 9.95. The molecule has 0 bridgehead atoms. The van der Waals surface area contributed by atoms with Crippen molar-refractivity contribution in [3.63, 3.8) is 0 Å². The SMILES string of the molecule is Cc1nonc1COC1CCN(c2nc(C(C)(C)C)nc3c2cnn3CC(=N)C(C)N=O)C1. The molecule has 33 heavy (non-hydrogen) atoms. The lowest BCUT2D eigenvalue weighted by Crippen LogP contribution is -2.26. The number of nitroso groups, excluding NO2 is 1. The quantitative estimate of drug-likeness (QED) is 0.400. The second-order valence-electron chi connectivity index (χ2n) is 9.43. The van der Waals surface area contributed by atoms with E-state index in [9.17, 15) is 4.91 Å². The molecule has 1 aliphatic rings. The van der Waals surface area contributed by atoms with Crippen LogP contribution in [0.1, 0.15) is 51.3 Å². The minimum absolute atomic E-state index is 0.0203. The molecule has 1 saturated heterocycles. The van der Waals surface area contributed by atoms with Crippen LogP contribution in [-0.2, 0) is 23.3 Å². The molecule has 1 N–H and O–H groups in total. The zero-order valence-electron chi connectivity index (χ0n) is 19.6. The van der Waals surface area contributed by atoms with Crippen LogP contribution in [0.25, 0.3) is 11.0 Å². The molecule has 0 saturated carbocycles. The van der Waals surface area contributed by atoms with Crippen molar-refractivity contribution in [3.05, 3.63) is 28.3 Å². The number of hydrogen-bond donors (Lipinski definition) is 1. The maximum absolute atomic E-state index is 10.9. The second-order valence-corrected chi connectivity index (χ2v) is 9.43. The Balaban J connectivity index is 1.60. The van der Waals surface area contributed by atoms with Crippen LogP contribution in [0.15, 0.2) is 16.0 Å². The van der Waals surface area contributed by atoms with E-state index in [-0.39, 0.29) is 23.8 Å².